The minimum Gasteiger partial charge on any atom is -0.376 e. The highest BCUT2D eigenvalue weighted by Crippen LogP contribution is 2.16. The minimum atomic E-state index is -0.255. The van der Waals surface area contributed by atoms with Crippen LogP contribution in [0.15, 0.2) is 23.0 Å². The Morgan fingerprint density at radius 2 is 2.18 bits per heavy atom. The van der Waals surface area contributed by atoms with Crippen molar-refractivity contribution in [2.45, 2.75) is 26.0 Å². The standard InChI is InChI=1S/C15H20N4O3/c1-9-8-19(5-6-22-9)10(2)14(20)16-11-3-4-12-13(7-11)18-15(21)17-12/h3-4,7,9-10H,5-6,8H2,1-2H3,(H,16,20)(H2,17,18,21)/t9-,10+/m1/s1. The fraction of sp³-hybridized carbons (Fsp3) is 0.467. The van der Waals surface area contributed by atoms with Crippen molar-refractivity contribution in [1.82, 2.24) is 14.9 Å². The maximum absolute atomic E-state index is 12.4. The SMILES string of the molecule is C[C@@H]1CN([C@@H](C)C(=O)Nc2ccc3[nH]c(=O)[nH]c3c2)CCO1. The predicted molar refractivity (Wildman–Crippen MR) is 84.0 cm³/mol. The molecule has 22 heavy (non-hydrogen) atoms. The first-order valence-electron chi connectivity index (χ1n) is 7.41. The summed E-state index contributed by atoms with van der Waals surface area (Å²) in [5.74, 6) is -0.0636. The van der Waals surface area contributed by atoms with Gasteiger partial charge >= 0.3 is 5.69 Å². The Kier molecular flexibility index (Phi) is 4.00. The maximum atomic E-state index is 12.4. The van der Waals surface area contributed by atoms with E-state index in [4.69, 9.17) is 4.74 Å². The van der Waals surface area contributed by atoms with Gasteiger partial charge in [0.15, 0.2) is 0 Å². The number of morpholine rings is 1. The number of aromatic nitrogens is 2. The Morgan fingerprint density at radius 1 is 1.41 bits per heavy atom. The summed E-state index contributed by atoms with van der Waals surface area (Å²) in [6, 6.07) is 5.07. The number of aromatic amines is 2. The van der Waals surface area contributed by atoms with Crippen LogP contribution < -0.4 is 11.0 Å². The zero-order valence-corrected chi connectivity index (χ0v) is 12.7. The van der Waals surface area contributed by atoms with Crippen molar-refractivity contribution in [3.8, 4) is 0 Å². The molecule has 7 heteroatoms. The van der Waals surface area contributed by atoms with Gasteiger partial charge in [-0.3, -0.25) is 9.69 Å². The Hall–Kier alpha value is -2.12. The molecule has 1 aliphatic rings. The van der Waals surface area contributed by atoms with Crippen molar-refractivity contribution >= 4 is 22.6 Å². The lowest BCUT2D eigenvalue weighted by Gasteiger charge is -2.34. The van der Waals surface area contributed by atoms with Gasteiger partial charge in [-0.25, -0.2) is 4.79 Å². The van der Waals surface area contributed by atoms with E-state index < -0.39 is 0 Å². The van der Waals surface area contributed by atoms with Crippen LogP contribution in [0.25, 0.3) is 11.0 Å². The van der Waals surface area contributed by atoms with Gasteiger partial charge in [-0.1, -0.05) is 0 Å². The monoisotopic (exact) mass is 304 g/mol. The number of hydrogen-bond acceptors (Lipinski definition) is 4. The molecular formula is C15H20N4O3. The van der Waals surface area contributed by atoms with Crippen LogP contribution in [0.3, 0.4) is 0 Å². The lowest BCUT2D eigenvalue weighted by atomic mass is 10.2. The number of H-pyrrole nitrogens is 2. The highest BCUT2D eigenvalue weighted by Gasteiger charge is 2.26. The molecule has 0 radical (unpaired) electrons. The average molecular weight is 304 g/mol. The smallest absolute Gasteiger partial charge is 0.323 e. The molecule has 0 unspecified atom stereocenters. The number of hydrogen-bond donors (Lipinski definition) is 3. The summed E-state index contributed by atoms with van der Waals surface area (Å²) in [5, 5.41) is 2.90. The zero-order chi connectivity index (χ0) is 15.7. The number of nitrogens with zero attached hydrogens (tertiary/aromatic N) is 1. The number of fused-ring (bicyclic) bond motifs is 1. The molecule has 2 heterocycles. The van der Waals surface area contributed by atoms with Crippen LogP contribution in [0.1, 0.15) is 13.8 Å². The molecule has 1 amide bonds. The number of amides is 1. The molecule has 3 rings (SSSR count). The fourth-order valence-corrected chi connectivity index (χ4v) is 2.72. The Bertz CT molecular complexity index is 736. The highest BCUT2D eigenvalue weighted by atomic mass is 16.5. The van der Waals surface area contributed by atoms with Crippen molar-refractivity contribution in [3.63, 3.8) is 0 Å². The number of benzene rings is 1. The van der Waals surface area contributed by atoms with Gasteiger partial charge < -0.3 is 20.0 Å². The second-order valence-corrected chi connectivity index (χ2v) is 5.68. The van der Waals surface area contributed by atoms with Crippen molar-refractivity contribution in [1.29, 1.82) is 0 Å². The molecule has 7 nitrogen and oxygen atoms in total. The minimum absolute atomic E-state index is 0.0636. The largest absolute Gasteiger partial charge is 0.376 e. The number of carbonyl (C=O) groups is 1. The predicted octanol–water partition coefficient (Wildman–Crippen LogP) is 0.904. The van der Waals surface area contributed by atoms with E-state index >= 15 is 0 Å². The van der Waals surface area contributed by atoms with Gasteiger partial charge in [0.1, 0.15) is 0 Å². The first-order chi connectivity index (χ1) is 10.5. The summed E-state index contributed by atoms with van der Waals surface area (Å²) in [5.41, 5.74) is 1.81. The molecule has 1 aromatic carbocycles. The molecule has 2 aromatic rings. The van der Waals surface area contributed by atoms with Gasteiger partial charge in [-0.05, 0) is 32.0 Å². The van der Waals surface area contributed by atoms with E-state index in [1.54, 1.807) is 18.2 Å². The van der Waals surface area contributed by atoms with E-state index in [0.29, 0.717) is 17.8 Å². The third-order valence-electron chi connectivity index (χ3n) is 3.98. The van der Waals surface area contributed by atoms with Crippen LogP contribution >= 0.6 is 0 Å². The normalized spacial score (nSPS) is 20.9. The fourth-order valence-electron chi connectivity index (χ4n) is 2.72. The summed E-state index contributed by atoms with van der Waals surface area (Å²) in [6.07, 6.45) is 0.144. The number of carbonyl (C=O) groups excluding carboxylic acids is 1. The van der Waals surface area contributed by atoms with E-state index in [1.165, 1.54) is 0 Å². The Labute approximate surface area is 127 Å². The summed E-state index contributed by atoms with van der Waals surface area (Å²) in [6.45, 7) is 6.05. The van der Waals surface area contributed by atoms with Gasteiger partial charge in [-0.15, -0.1) is 0 Å². The van der Waals surface area contributed by atoms with Gasteiger partial charge in [-0.2, -0.15) is 0 Å². The van der Waals surface area contributed by atoms with Crippen molar-refractivity contribution in [2.24, 2.45) is 0 Å². The zero-order valence-electron chi connectivity index (χ0n) is 12.7. The van der Waals surface area contributed by atoms with Gasteiger partial charge in [0.25, 0.3) is 0 Å². The van der Waals surface area contributed by atoms with Crippen molar-refractivity contribution in [3.05, 3.63) is 28.7 Å². The Balaban J connectivity index is 1.70. The van der Waals surface area contributed by atoms with E-state index in [0.717, 1.165) is 18.6 Å². The summed E-state index contributed by atoms with van der Waals surface area (Å²) in [7, 11) is 0. The van der Waals surface area contributed by atoms with Crippen LogP contribution in [0.2, 0.25) is 0 Å². The molecule has 3 N–H and O–H groups in total. The molecule has 0 saturated carbocycles. The van der Waals surface area contributed by atoms with E-state index in [2.05, 4.69) is 20.2 Å². The first kappa shape index (κ1) is 14.8. The first-order valence-corrected chi connectivity index (χ1v) is 7.41. The number of rotatable bonds is 3. The third-order valence-corrected chi connectivity index (χ3v) is 3.98. The molecule has 118 valence electrons. The molecular weight excluding hydrogens is 284 g/mol. The quantitative estimate of drug-likeness (QED) is 0.786. The van der Waals surface area contributed by atoms with E-state index in [9.17, 15) is 9.59 Å². The highest BCUT2D eigenvalue weighted by molar-refractivity contribution is 5.96. The van der Waals surface area contributed by atoms with Gasteiger partial charge in [0.05, 0.1) is 29.8 Å². The van der Waals surface area contributed by atoms with E-state index in [1.807, 2.05) is 13.8 Å². The van der Waals surface area contributed by atoms with Crippen molar-refractivity contribution in [2.75, 3.05) is 25.0 Å². The maximum Gasteiger partial charge on any atom is 0.323 e. The second-order valence-electron chi connectivity index (χ2n) is 5.68. The third kappa shape index (κ3) is 3.05. The number of imidazole rings is 1. The van der Waals surface area contributed by atoms with Crippen LogP contribution in [-0.2, 0) is 9.53 Å². The summed E-state index contributed by atoms with van der Waals surface area (Å²) < 4.78 is 5.50. The van der Waals surface area contributed by atoms with Crippen LogP contribution in [-0.4, -0.2) is 52.6 Å². The van der Waals surface area contributed by atoms with Crippen LogP contribution in [0, 0.1) is 0 Å². The Morgan fingerprint density at radius 3 is 2.95 bits per heavy atom. The molecule has 0 spiro atoms. The lowest BCUT2D eigenvalue weighted by molar-refractivity contribution is -0.123. The van der Waals surface area contributed by atoms with Gasteiger partial charge in [0, 0.05) is 18.8 Å². The van der Waals surface area contributed by atoms with E-state index in [-0.39, 0.29) is 23.7 Å². The lowest BCUT2D eigenvalue weighted by Crippen LogP contribution is -2.50. The molecule has 2 atom stereocenters. The molecule has 1 fully saturated rings. The van der Waals surface area contributed by atoms with Gasteiger partial charge in [0.2, 0.25) is 5.91 Å². The average Bonchev–Trinajstić information content (AvgIpc) is 2.85. The molecule has 0 aliphatic carbocycles. The topological polar surface area (TPSA) is 90.2 Å². The van der Waals surface area contributed by atoms with Crippen molar-refractivity contribution < 1.29 is 9.53 Å². The molecule has 1 aliphatic heterocycles. The van der Waals surface area contributed by atoms with Crippen LogP contribution in [0.4, 0.5) is 5.69 Å². The number of anilines is 1. The molecule has 1 aromatic heterocycles. The van der Waals surface area contributed by atoms with Crippen LogP contribution in [0.5, 0.6) is 0 Å². The summed E-state index contributed by atoms with van der Waals surface area (Å²) >= 11 is 0. The number of ether oxygens (including phenoxy) is 1. The number of nitrogens with one attached hydrogen (secondary N) is 3. The molecule has 1 saturated heterocycles. The molecule has 0 bridgehead atoms. The summed E-state index contributed by atoms with van der Waals surface area (Å²) in [4.78, 5) is 31.1. The second kappa shape index (κ2) is 5.94.